The average Bonchev–Trinajstić information content (AvgIpc) is 3.17. The zero-order chi connectivity index (χ0) is 14.9. The number of furan rings is 1. The third-order valence-corrected chi connectivity index (χ3v) is 5.02. The molecule has 5 heteroatoms. The monoisotopic (exact) mass is 300 g/mol. The minimum Gasteiger partial charge on any atom is -0.468 e. The zero-order valence-corrected chi connectivity index (χ0v) is 13.2. The third-order valence-electron chi connectivity index (χ3n) is 5.02. The van der Waals surface area contributed by atoms with Crippen molar-refractivity contribution in [2.75, 3.05) is 6.54 Å². The van der Waals surface area contributed by atoms with E-state index >= 15 is 0 Å². The van der Waals surface area contributed by atoms with E-state index < -0.39 is 0 Å². The van der Waals surface area contributed by atoms with E-state index in [2.05, 4.69) is 32.8 Å². The van der Waals surface area contributed by atoms with Gasteiger partial charge in [0.15, 0.2) is 0 Å². The van der Waals surface area contributed by atoms with Gasteiger partial charge >= 0.3 is 0 Å². The molecule has 22 heavy (non-hydrogen) atoms. The van der Waals surface area contributed by atoms with Crippen molar-refractivity contribution >= 4 is 0 Å². The van der Waals surface area contributed by atoms with Gasteiger partial charge in [0.05, 0.1) is 18.8 Å². The first-order valence-corrected chi connectivity index (χ1v) is 8.48. The highest BCUT2D eigenvalue weighted by Gasteiger charge is 2.31. The van der Waals surface area contributed by atoms with Gasteiger partial charge in [-0.05, 0) is 44.4 Å². The van der Waals surface area contributed by atoms with Crippen LogP contribution in [0.2, 0.25) is 0 Å². The normalized spacial score (nSPS) is 23.6. The lowest BCUT2D eigenvalue weighted by Crippen LogP contribution is -2.29. The molecule has 2 aromatic rings. The van der Waals surface area contributed by atoms with Crippen LogP contribution in [0.15, 0.2) is 22.8 Å². The van der Waals surface area contributed by atoms with Crippen molar-refractivity contribution in [2.45, 2.75) is 57.0 Å². The topological polar surface area (TPSA) is 47.1 Å². The molecule has 2 fully saturated rings. The van der Waals surface area contributed by atoms with Gasteiger partial charge in [-0.1, -0.05) is 12.8 Å². The molecule has 2 aromatic heterocycles. The van der Waals surface area contributed by atoms with Gasteiger partial charge in [0.1, 0.15) is 17.4 Å². The Morgan fingerprint density at radius 1 is 1.18 bits per heavy atom. The molecule has 1 aliphatic carbocycles. The first kappa shape index (κ1) is 14.0. The smallest absolute Gasteiger partial charge is 0.146 e. The van der Waals surface area contributed by atoms with Crippen molar-refractivity contribution in [2.24, 2.45) is 7.05 Å². The summed E-state index contributed by atoms with van der Waals surface area (Å²) >= 11 is 0. The van der Waals surface area contributed by atoms with Crippen molar-refractivity contribution in [1.82, 2.24) is 19.7 Å². The zero-order valence-electron chi connectivity index (χ0n) is 13.2. The molecule has 0 aromatic carbocycles. The van der Waals surface area contributed by atoms with Gasteiger partial charge in [-0.3, -0.25) is 4.90 Å². The predicted molar refractivity (Wildman–Crippen MR) is 83.3 cm³/mol. The average molecular weight is 300 g/mol. The Labute approximate surface area is 131 Å². The first-order valence-electron chi connectivity index (χ1n) is 8.48. The Morgan fingerprint density at radius 2 is 2.09 bits per heavy atom. The molecule has 1 atom stereocenters. The van der Waals surface area contributed by atoms with Crippen LogP contribution in [0.3, 0.4) is 0 Å². The van der Waals surface area contributed by atoms with E-state index in [-0.39, 0.29) is 0 Å². The second-order valence-corrected chi connectivity index (χ2v) is 6.66. The van der Waals surface area contributed by atoms with E-state index in [1.165, 1.54) is 44.3 Å². The van der Waals surface area contributed by atoms with Crippen molar-refractivity contribution < 1.29 is 4.42 Å². The standard InChI is InChI=1S/C17H24N4O/c1-20-16(18-19-17(20)13-8-9-13)12-21-10-4-2-3-6-14(21)15-7-5-11-22-15/h5,7,11,13-14H,2-4,6,8-10,12H2,1H3. The van der Waals surface area contributed by atoms with Gasteiger partial charge in [0.2, 0.25) is 0 Å². The molecule has 0 spiro atoms. The number of aromatic nitrogens is 3. The Bertz CT molecular complexity index is 615. The molecule has 3 heterocycles. The second kappa shape index (κ2) is 5.88. The van der Waals surface area contributed by atoms with Gasteiger partial charge in [-0.15, -0.1) is 10.2 Å². The Hall–Kier alpha value is -1.62. The predicted octanol–water partition coefficient (Wildman–Crippen LogP) is 3.40. The highest BCUT2D eigenvalue weighted by Crippen LogP contribution is 2.39. The molecule has 0 radical (unpaired) electrons. The number of likely N-dealkylation sites (tertiary alicyclic amines) is 1. The lowest BCUT2D eigenvalue weighted by atomic mass is 10.1. The molecule has 0 bridgehead atoms. The number of hydrogen-bond acceptors (Lipinski definition) is 4. The quantitative estimate of drug-likeness (QED) is 0.868. The fourth-order valence-corrected chi connectivity index (χ4v) is 3.55. The molecule has 0 N–H and O–H groups in total. The summed E-state index contributed by atoms with van der Waals surface area (Å²) in [5.41, 5.74) is 0. The molecule has 0 amide bonds. The van der Waals surface area contributed by atoms with Crippen LogP contribution in [0, 0.1) is 0 Å². The van der Waals surface area contributed by atoms with E-state index in [4.69, 9.17) is 4.42 Å². The molecule has 118 valence electrons. The second-order valence-electron chi connectivity index (χ2n) is 6.66. The Morgan fingerprint density at radius 3 is 2.86 bits per heavy atom. The van der Waals surface area contributed by atoms with Crippen LogP contribution in [0.4, 0.5) is 0 Å². The molecule has 1 saturated carbocycles. The molecule has 1 aliphatic heterocycles. The summed E-state index contributed by atoms with van der Waals surface area (Å²) in [5, 5.41) is 8.88. The van der Waals surface area contributed by atoms with Crippen LogP contribution in [0.1, 0.15) is 67.9 Å². The van der Waals surface area contributed by atoms with E-state index in [9.17, 15) is 0 Å². The Balaban J connectivity index is 1.56. The highest BCUT2D eigenvalue weighted by molar-refractivity contribution is 5.09. The van der Waals surface area contributed by atoms with Crippen LogP contribution in [-0.4, -0.2) is 26.2 Å². The maximum atomic E-state index is 5.70. The van der Waals surface area contributed by atoms with Crippen molar-refractivity contribution in [3.63, 3.8) is 0 Å². The lowest BCUT2D eigenvalue weighted by Gasteiger charge is -2.27. The summed E-state index contributed by atoms with van der Waals surface area (Å²) in [4.78, 5) is 2.52. The van der Waals surface area contributed by atoms with E-state index in [0.29, 0.717) is 12.0 Å². The lowest BCUT2D eigenvalue weighted by molar-refractivity contribution is 0.164. The van der Waals surface area contributed by atoms with Gasteiger partial charge in [0.25, 0.3) is 0 Å². The van der Waals surface area contributed by atoms with Crippen molar-refractivity contribution in [3.05, 3.63) is 35.8 Å². The molecule has 2 aliphatic rings. The summed E-state index contributed by atoms with van der Waals surface area (Å²) in [5.74, 6) is 3.99. The molecule has 1 saturated heterocycles. The van der Waals surface area contributed by atoms with E-state index in [0.717, 1.165) is 24.7 Å². The van der Waals surface area contributed by atoms with Crippen LogP contribution in [0.5, 0.6) is 0 Å². The minimum absolute atomic E-state index is 0.374. The maximum absolute atomic E-state index is 5.70. The van der Waals surface area contributed by atoms with Crippen LogP contribution < -0.4 is 0 Å². The third kappa shape index (κ3) is 2.70. The summed E-state index contributed by atoms with van der Waals surface area (Å²) in [6.45, 7) is 1.97. The largest absolute Gasteiger partial charge is 0.468 e. The minimum atomic E-state index is 0.374. The maximum Gasteiger partial charge on any atom is 0.146 e. The Kier molecular flexibility index (Phi) is 3.74. The molecule has 1 unspecified atom stereocenters. The van der Waals surface area contributed by atoms with Crippen LogP contribution in [0.25, 0.3) is 0 Å². The van der Waals surface area contributed by atoms with Gasteiger partial charge in [0, 0.05) is 13.0 Å². The highest BCUT2D eigenvalue weighted by atomic mass is 16.3. The van der Waals surface area contributed by atoms with Gasteiger partial charge < -0.3 is 8.98 Å². The molecule has 5 nitrogen and oxygen atoms in total. The van der Waals surface area contributed by atoms with Crippen LogP contribution >= 0.6 is 0 Å². The number of nitrogens with zero attached hydrogens (tertiary/aromatic N) is 4. The molecule has 4 rings (SSSR count). The molecular formula is C17H24N4O. The van der Waals surface area contributed by atoms with Crippen LogP contribution in [-0.2, 0) is 13.6 Å². The number of hydrogen-bond donors (Lipinski definition) is 0. The van der Waals surface area contributed by atoms with E-state index in [1.54, 1.807) is 6.26 Å². The van der Waals surface area contributed by atoms with Crippen molar-refractivity contribution in [3.8, 4) is 0 Å². The number of rotatable bonds is 4. The fraction of sp³-hybridized carbons (Fsp3) is 0.647. The fourth-order valence-electron chi connectivity index (χ4n) is 3.55. The molecular weight excluding hydrogens is 276 g/mol. The summed E-state index contributed by atoms with van der Waals surface area (Å²) in [6, 6.07) is 4.47. The summed E-state index contributed by atoms with van der Waals surface area (Å²) in [7, 11) is 2.11. The van der Waals surface area contributed by atoms with E-state index in [1.807, 2.05) is 6.07 Å². The van der Waals surface area contributed by atoms with Gasteiger partial charge in [-0.2, -0.15) is 0 Å². The van der Waals surface area contributed by atoms with Crippen molar-refractivity contribution in [1.29, 1.82) is 0 Å². The first-order chi connectivity index (χ1) is 10.8. The summed E-state index contributed by atoms with van der Waals surface area (Å²) in [6.07, 6.45) is 9.32. The summed E-state index contributed by atoms with van der Waals surface area (Å²) < 4.78 is 7.91. The SMILES string of the molecule is Cn1c(CN2CCCCCC2c2ccco2)nnc1C1CC1. The van der Waals surface area contributed by atoms with Gasteiger partial charge in [-0.25, -0.2) is 0 Å².